The van der Waals surface area contributed by atoms with Gasteiger partial charge in [0, 0.05) is 30.5 Å². The maximum absolute atomic E-state index is 5.89. The molecule has 1 aliphatic heterocycles. The van der Waals surface area contributed by atoms with Crippen molar-refractivity contribution in [3.8, 4) is 0 Å². The normalized spacial score (nSPS) is 23.5. The van der Waals surface area contributed by atoms with Crippen molar-refractivity contribution in [1.29, 1.82) is 0 Å². The second-order valence-electron chi connectivity index (χ2n) is 3.75. The fraction of sp³-hybridized carbons (Fsp3) is 0.700. The molecule has 4 heteroatoms. The molecule has 1 aromatic heterocycles. The van der Waals surface area contributed by atoms with Gasteiger partial charge in [0.05, 0.1) is 0 Å². The average Bonchev–Trinajstić information content (AvgIpc) is 2.63. The molecule has 2 rings (SSSR count). The van der Waals surface area contributed by atoms with E-state index in [4.69, 9.17) is 11.6 Å². The third-order valence-electron chi connectivity index (χ3n) is 2.76. The zero-order valence-corrected chi connectivity index (χ0v) is 9.73. The Morgan fingerprint density at radius 2 is 2.43 bits per heavy atom. The minimum atomic E-state index is 0.710. The predicted octanol–water partition coefficient (Wildman–Crippen LogP) is 2.99. The topological polar surface area (TPSA) is 16.1 Å². The van der Waals surface area contributed by atoms with Crippen LogP contribution in [0.1, 0.15) is 19.3 Å². The quantitative estimate of drug-likeness (QED) is 0.727. The number of aromatic nitrogens is 1. The van der Waals surface area contributed by atoms with E-state index in [1.807, 2.05) is 11.6 Å². The number of rotatable bonds is 2. The van der Waals surface area contributed by atoms with Crippen LogP contribution in [-0.2, 0) is 0 Å². The van der Waals surface area contributed by atoms with Gasteiger partial charge in [0.1, 0.15) is 0 Å². The Morgan fingerprint density at radius 3 is 3.14 bits per heavy atom. The summed E-state index contributed by atoms with van der Waals surface area (Å²) in [5, 5.41) is 3.21. The van der Waals surface area contributed by atoms with Crippen LogP contribution in [0.25, 0.3) is 0 Å². The molecule has 0 aromatic carbocycles. The lowest BCUT2D eigenvalue weighted by Crippen LogP contribution is -2.23. The van der Waals surface area contributed by atoms with Crippen molar-refractivity contribution >= 4 is 28.1 Å². The van der Waals surface area contributed by atoms with E-state index >= 15 is 0 Å². The average molecular weight is 231 g/mol. The smallest absolute Gasteiger partial charge is 0.185 e. The highest BCUT2D eigenvalue weighted by Gasteiger charge is 2.17. The Bertz CT molecular complexity index is 263. The van der Waals surface area contributed by atoms with Crippen molar-refractivity contribution < 1.29 is 0 Å². The first kappa shape index (κ1) is 10.2. The number of nitrogens with zero attached hydrogens (tertiary/aromatic N) is 2. The summed E-state index contributed by atoms with van der Waals surface area (Å²) in [6.07, 6.45) is 5.61. The van der Waals surface area contributed by atoms with Gasteiger partial charge >= 0.3 is 0 Å². The third-order valence-corrected chi connectivity index (χ3v) is 4.02. The second-order valence-corrected chi connectivity index (χ2v) is 4.93. The molecule has 0 N–H and O–H groups in total. The van der Waals surface area contributed by atoms with Gasteiger partial charge in [-0.2, -0.15) is 0 Å². The van der Waals surface area contributed by atoms with E-state index in [1.165, 1.54) is 24.4 Å². The highest BCUT2D eigenvalue weighted by Crippen LogP contribution is 2.24. The van der Waals surface area contributed by atoms with Gasteiger partial charge in [0.15, 0.2) is 5.13 Å². The summed E-state index contributed by atoms with van der Waals surface area (Å²) in [5.74, 6) is 1.52. The lowest BCUT2D eigenvalue weighted by Gasteiger charge is -2.18. The van der Waals surface area contributed by atoms with Crippen molar-refractivity contribution in [3.05, 3.63) is 11.6 Å². The zero-order chi connectivity index (χ0) is 9.80. The van der Waals surface area contributed by atoms with Gasteiger partial charge < -0.3 is 4.90 Å². The molecule has 1 saturated heterocycles. The monoisotopic (exact) mass is 230 g/mol. The van der Waals surface area contributed by atoms with Crippen LogP contribution in [0.2, 0.25) is 0 Å². The molecular weight excluding hydrogens is 216 g/mol. The molecule has 1 aliphatic rings. The maximum atomic E-state index is 5.89. The first-order chi connectivity index (χ1) is 6.90. The van der Waals surface area contributed by atoms with Crippen LogP contribution in [-0.4, -0.2) is 24.0 Å². The highest BCUT2D eigenvalue weighted by molar-refractivity contribution is 7.13. The Balaban J connectivity index is 1.96. The highest BCUT2D eigenvalue weighted by atomic mass is 35.5. The number of halogens is 1. The number of thiazole rings is 1. The van der Waals surface area contributed by atoms with Crippen molar-refractivity contribution in [2.24, 2.45) is 5.92 Å². The fourth-order valence-corrected chi connectivity index (χ4v) is 2.89. The Labute approximate surface area is 93.9 Å². The van der Waals surface area contributed by atoms with Gasteiger partial charge in [0.25, 0.3) is 0 Å². The zero-order valence-electron chi connectivity index (χ0n) is 8.16. The summed E-state index contributed by atoms with van der Waals surface area (Å²) in [7, 11) is 0. The molecule has 0 saturated carbocycles. The molecule has 1 aromatic rings. The van der Waals surface area contributed by atoms with Gasteiger partial charge in [-0.05, 0) is 25.2 Å². The summed E-state index contributed by atoms with van der Waals surface area (Å²) in [4.78, 5) is 6.73. The molecular formula is C10H15ClN2S. The summed E-state index contributed by atoms with van der Waals surface area (Å²) < 4.78 is 0. The first-order valence-electron chi connectivity index (χ1n) is 5.10. The van der Waals surface area contributed by atoms with E-state index in [1.54, 1.807) is 11.3 Å². The number of hydrogen-bond donors (Lipinski definition) is 0. The van der Waals surface area contributed by atoms with E-state index < -0.39 is 0 Å². The van der Waals surface area contributed by atoms with Gasteiger partial charge in [-0.25, -0.2) is 4.98 Å². The van der Waals surface area contributed by atoms with Gasteiger partial charge in [-0.1, -0.05) is 0 Å². The SMILES string of the molecule is ClCC1CCCN(c2nccs2)CC1. The largest absolute Gasteiger partial charge is 0.348 e. The predicted molar refractivity (Wildman–Crippen MR) is 62.4 cm³/mol. The summed E-state index contributed by atoms with van der Waals surface area (Å²) in [6.45, 7) is 2.26. The molecule has 1 atom stereocenters. The van der Waals surface area contributed by atoms with Crippen LogP contribution in [0, 0.1) is 5.92 Å². The molecule has 2 heterocycles. The Morgan fingerprint density at radius 1 is 1.50 bits per heavy atom. The van der Waals surface area contributed by atoms with Crippen LogP contribution >= 0.6 is 22.9 Å². The van der Waals surface area contributed by atoms with E-state index in [0.29, 0.717) is 5.92 Å². The Kier molecular flexibility index (Phi) is 3.65. The minimum Gasteiger partial charge on any atom is -0.348 e. The molecule has 1 unspecified atom stereocenters. The molecule has 78 valence electrons. The Hall–Kier alpha value is -0.280. The molecule has 2 nitrogen and oxygen atoms in total. The first-order valence-corrected chi connectivity index (χ1v) is 6.52. The van der Waals surface area contributed by atoms with E-state index in [9.17, 15) is 0 Å². The standard InChI is InChI=1S/C10H15ClN2S/c11-8-9-2-1-5-13(6-3-9)10-12-4-7-14-10/h4,7,9H,1-3,5-6,8H2. The summed E-state index contributed by atoms with van der Waals surface area (Å²) >= 11 is 7.62. The number of alkyl halides is 1. The lowest BCUT2D eigenvalue weighted by molar-refractivity contribution is 0.527. The van der Waals surface area contributed by atoms with Gasteiger partial charge in [0.2, 0.25) is 0 Å². The number of anilines is 1. The summed E-state index contributed by atoms with van der Waals surface area (Å²) in [6, 6.07) is 0. The van der Waals surface area contributed by atoms with Crippen molar-refractivity contribution in [2.45, 2.75) is 19.3 Å². The van der Waals surface area contributed by atoms with Crippen LogP contribution < -0.4 is 4.90 Å². The van der Waals surface area contributed by atoms with Gasteiger partial charge in [-0.15, -0.1) is 22.9 Å². The van der Waals surface area contributed by atoms with Crippen molar-refractivity contribution in [3.63, 3.8) is 0 Å². The van der Waals surface area contributed by atoms with Gasteiger partial charge in [-0.3, -0.25) is 0 Å². The van der Waals surface area contributed by atoms with Crippen LogP contribution in [0.15, 0.2) is 11.6 Å². The van der Waals surface area contributed by atoms with E-state index in [2.05, 4.69) is 9.88 Å². The third kappa shape index (κ3) is 2.39. The number of hydrogen-bond acceptors (Lipinski definition) is 3. The van der Waals surface area contributed by atoms with Crippen LogP contribution in [0.4, 0.5) is 5.13 Å². The van der Waals surface area contributed by atoms with Crippen LogP contribution in [0.5, 0.6) is 0 Å². The summed E-state index contributed by atoms with van der Waals surface area (Å²) in [5.41, 5.74) is 0. The molecule has 0 amide bonds. The van der Waals surface area contributed by atoms with Crippen molar-refractivity contribution in [1.82, 2.24) is 4.98 Å². The fourth-order valence-electron chi connectivity index (χ4n) is 1.88. The second kappa shape index (κ2) is 4.99. The maximum Gasteiger partial charge on any atom is 0.185 e. The van der Waals surface area contributed by atoms with E-state index in [-0.39, 0.29) is 0 Å². The molecule has 0 aliphatic carbocycles. The molecule has 0 spiro atoms. The minimum absolute atomic E-state index is 0.710. The lowest BCUT2D eigenvalue weighted by atomic mass is 10.0. The molecule has 14 heavy (non-hydrogen) atoms. The molecule has 1 fully saturated rings. The van der Waals surface area contributed by atoms with Crippen molar-refractivity contribution in [2.75, 3.05) is 23.9 Å². The molecule has 0 radical (unpaired) electrons. The van der Waals surface area contributed by atoms with Crippen LogP contribution in [0.3, 0.4) is 0 Å². The van der Waals surface area contributed by atoms with E-state index in [0.717, 1.165) is 19.0 Å². The molecule has 0 bridgehead atoms.